The van der Waals surface area contributed by atoms with Crippen LogP contribution in [0.3, 0.4) is 0 Å². The number of amides is 1. The van der Waals surface area contributed by atoms with Crippen molar-refractivity contribution >= 4 is 22.8 Å². The summed E-state index contributed by atoms with van der Waals surface area (Å²) in [6.45, 7) is 2.94. The van der Waals surface area contributed by atoms with Crippen LogP contribution < -0.4 is 0 Å². The zero-order valence-electron chi connectivity index (χ0n) is 14.5. The molecule has 1 saturated carbocycles. The van der Waals surface area contributed by atoms with Gasteiger partial charge in [0.15, 0.2) is 0 Å². The largest absolute Gasteiger partial charge is 0.332 e. The van der Waals surface area contributed by atoms with Crippen LogP contribution in [0.15, 0.2) is 30.3 Å². The lowest BCUT2D eigenvalue weighted by atomic mass is 10.0. The molecule has 2 fully saturated rings. The summed E-state index contributed by atoms with van der Waals surface area (Å²) in [5, 5.41) is 0.190. The SMILES string of the molecule is CC1(CC(=O)N2CCCC2C(=O)SCCCc2ccccc2)CC1. The van der Waals surface area contributed by atoms with E-state index in [2.05, 4.69) is 31.2 Å². The average molecular weight is 346 g/mol. The van der Waals surface area contributed by atoms with Gasteiger partial charge in [0.05, 0.1) is 0 Å². The molecule has 1 aromatic carbocycles. The van der Waals surface area contributed by atoms with Gasteiger partial charge in [-0.25, -0.2) is 0 Å². The quantitative estimate of drug-likeness (QED) is 0.699. The fourth-order valence-electron chi connectivity index (χ4n) is 3.36. The van der Waals surface area contributed by atoms with Crippen molar-refractivity contribution in [1.29, 1.82) is 0 Å². The molecule has 1 atom stereocenters. The summed E-state index contributed by atoms with van der Waals surface area (Å²) in [4.78, 5) is 26.9. The summed E-state index contributed by atoms with van der Waals surface area (Å²) in [6, 6.07) is 10.2. The molecular weight excluding hydrogens is 318 g/mol. The summed E-state index contributed by atoms with van der Waals surface area (Å²) in [5.41, 5.74) is 1.54. The molecule has 0 spiro atoms. The summed E-state index contributed by atoms with van der Waals surface area (Å²) in [7, 11) is 0. The lowest BCUT2D eigenvalue weighted by Crippen LogP contribution is -2.40. The molecule has 1 aliphatic carbocycles. The molecular formula is C20H27NO2S. The van der Waals surface area contributed by atoms with E-state index in [1.165, 1.54) is 17.3 Å². The van der Waals surface area contributed by atoms with Crippen LogP contribution in [0.25, 0.3) is 0 Å². The average Bonchev–Trinajstić information content (AvgIpc) is 3.11. The first-order valence-electron chi connectivity index (χ1n) is 9.07. The van der Waals surface area contributed by atoms with Gasteiger partial charge in [-0.1, -0.05) is 49.0 Å². The number of hydrogen-bond donors (Lipinski definition) is 0. The van der Waals surface area contributed by atoms with Gasteiger partial charge in [-0.05, 0) is 49.5 Å². The zero-order chi connectivity index (χ0) is 17.0. The molecule has 3 nitrogen and oxygen atoms in total. The van der Waals surface area contributed by atoms with Crippen molar-refractivity contribution in [1.82, 2.24) is 4.90 Å². The highest BCUT2D eigenvalue weighted by atomic mass is 32.2. The minimum atomic E-state index is -0.179. The maximum absolute atomic E-state index is 12.5. The number of benzene rings is 1. The van der Waals surface area contributed by atoms with Gasteiger partial charge in [-0.2, -0.15) is 0 Å². The van der Waals surface area contributed by atoms with Crippen molar-refractivity contribution in [2.24, 2.45) is 5.41 Å². The van der Waals surface area contributed by atoms with Gasteiger partial charge in [0.25, 0.3) is 0 Å². The number of likely N-dealkylation sites (tertiary alicyclic amines) is 1. The number of thioether (sulfide) groups is 1. The second-order valence-corrected chi connectivity index (χ2v) is 8.59. The third-order valence-electron chi connectivity index (χ3n) is 5.22. The Hall–Kier alpha value is -1.29. The topological polar surface area (TPSA) is 37.4 Å². The third kappa shape index (κ3) is 4.62. The molecule has 1 unspecified atom stereocenters. The van der Waals surface area contributed by atoms with Crippen LogP contribution in [0.5, 0.6) is 0 Å². The van der Waals surface area contributed by atoms with E-state index in [1.807, 2.05) is 11.0 Å². The third-order valence-corrected chi connectivity index (χ3v) is 6.27. The highest BCUT2D eigenvalue weighted by molar-refractivity contribution is 8.13. The first-order chi connectivity index (χ1) is 11.6. The maximum Gasteiger partial charge on any atom is 0.223 e. The van der Waals surface area contributed by atoms with E-state index in [0.717, 1.165) is 50.8 Å². The van der Waals surface area contributed by atoms with Gasteiger partial charge in [-0.3, -0.25) is 9.59 Å². The molecule has 1 aromatic rings. The van der Waals surface area contributed by atoms with Crippen molar-refractivity contribution in [2.45, 2.75) is 57.9 Å². The molecule has 4 heteroatoms. The second kappa shape index (κ2) is 7.73. The number of carbonyl (C=O) groups excluding carboxylic acids is 2. The van der Waals surface area contributed by atoms with Gasteiger partial charge in [0.1, 0.15) is 6.04 Å². The van der Waals surface area contributed by atoms with Crippen molar-refractivity contribution in [3.05, 3.63) is 35.9 Å². The monoisotopic (exact) mass is 345 g/mol. The molecule has 24 heavy (non-hydrogen) atoms. The fourth-order valence-corrected chi connectivity index (χ4v) is 4.28. The predicted molar refractivity (Wildman–Crippen MR) is 98.9 cm³/mol. The fraction of sp³-hybridized carbons (Fsp3) is 0.600. The van der Waals surface area contributed by atoms with Gasteiger partial charge in [0, 0.05) is 18.7 Å². The molecule has 1 saturated heterocycles. The molecule has 0 radical (unpaired) electrons. The molecule has 0 N–H and O–H groups in total. The first kappa shape index (κ1) is 17.5. The smallest absolute Gasteiger partial charge is 0.223 e. The minimum Gasteiger partial charge on any atom is -0.332 e. The Labute approximate surface area is 149 Å². The number of nitrogens with zero attached hydrogens (tertiary/aromatic N) is 1. The Kier molecular flexibility index (Phi) is 5.65. The standard InChI is InChI=1S/C20H27NO2S/c1-20(11-12-20)15-18(22)21-13-5-10-17(21)19(23)24-14-6-9-16-7-3-2-4-8-16/h2-4,7-8,17H,5-6,9-15H2,1H3. The van der Waals surface area contributed by atoms with Crippen LogP contribution in [-0.4, -0.2) is 34.3 Å². The molecule has 1 heterocycles. The van der Waals surface area contributed by atoms with Crippen molar-refractivity contribution in [3.63, 3.8) is 0 Å². The molecule has 2 aliphatic rings. The van der Waals surface area contributed by atoms with Crippen LogP contribution >= 0.6 is 11.8 Å². The van der Waals surface area contributed by atoms with Gasteiger partial charge in [-0.15, -0.1) is 0 Å². The number of rotatable bonds is 7. The number of aryl methyl sites for hydroxylation is 1. The lowest BCUT2D eigenvalue weighted by Gasteiger charge is -2.24. The Morgan fingerprint density at radius 1 is 1.25 bits per heavy atom. The van der Waals surface area contributed by atoms with E-state index in [4.69, 9.17) is 0 Å². The molecule has 0 aromatic heterocycles. The van der Waals surface area contributed by atoms with Crippen LogP contribution in [0.4, 0.5) is 0 Å². The molecule has 3 rings (SSSR count). The van der Waals surface area contributed by atoms with Crippen molar-refractivity contribution < 1.29 is 9.59 Å². The van der Waals surface area contributed by atoms with E-state index in [9.17, 15) is 9.59 Å². The highest BCUT2D eigenvalue weighted by Gasteiger charge is 2.42. The summed E-state index contributed by atoms with van der Waals surface area (Å²) in [5.74, 6) is 1.03. The van der Waals surface area contributed by atoms with Crippen molar-refractivity contribution in [2.75, 3.05) is 12.3 Å². The Bertz CT molecular complexity index is 583. The van der Waals surface area contributed by atoms with E-state index in [0.29, 0.717) is 6.42 Å². The number of hydrogen-bond acceptors (Lipinski definition) is 3. The van der Waals surface area contributed by atoms with E-state index in [-0.39, 0.29) is 22.5 Å². The zero-order valence-corrected chi connectivity index (χ0v) is 15.3. The summed E-state index contributed by atoms with van der Waals surface area (Å²) in [6.07, 6.45) is 6.73. The molecule has 1 amide bonds. The maximum atomic E-state index is 12.5. The van der Waals surface area contributed by atoms with Crippen molar-refractivity contribution in [3.8, 4) is 0 Å². The van der Waals surface area contributed by atoms with E-state index < -0.39 is 0 Å². The molecule has 1 aliphatic heterocycles. The highest BCUT2D eigenvalue weighted by Crippen LogP contribution is 2.48. The first-order valence-corrected chi connectivity index (χ1v) is 10.1. The normalized spacial score (nSPS) is 21.7. The van der Waals surface area contributed by atoms with E-state index in [1.54, 1.807) is 0 Å². The predicted octanol–water partition coefficient (Wildman–Crippen LogP) is 4.06. The Balaban J connectivity index is 1.42. The van der Waals surface area contributed by atoms with Gasteiger partial charge >= 0.3 is 0 Å². The molecule has 0 bridgehead atoms. The molecule has 130 valence electrons. The van der Waals surface area contributed by atoms with Gasteiger partial charge < -0.3 is 4.90 Å². The minimum absolute atomic E-state index is 0.179. The van der Waals surface area contributed by atoms with E-state index >= 15 is 0 Å². The second-order valence-electron chi connectivity index (χ2n) is 7.49. The van der Waals surface area contributed by atoms with Crippen LogP contribution in [0.1, 0.15) is 51.0 Å². The van der Waals surface area contributed by atoms with Gasteiger partial charge in [0.2, 0.25) is 11.0 Å². The Morgan fingerprint density at radius 2 is 2.00 bits per heavy atom. The Morgan fingerprint density at radius 3 is 2.71 bits per heavy atom. The lowest BCUT2D eigenvalue weighted by molar-refractivity contribution is -0.136. The summed E-state index contributed by atoms with van der Waals surface area (Å²) < 4.78 is 0. The summed E-state index contributed by atoms with van der Waals surface area (Å²) >= 11 is 1.41. The number of carbonyl (C=O) groups is 2. The van der Waals surface area contributed by atoms with Crippen LogP contribution in [0, 0.1) is 5.41 Å². The van der Waals surface area contributed by atoms with Crippen LogP contribution in [0.2, 0.25) is 0 Å². The van der Waals surface area contributed by atoms with Crippen LogP contribution in [-0.2, 0) is 16.0 Å².